The average molecular weight is 589 g/mol. The Morgan fingerprint density at radius 1 is 1.24 bits per heavy atom. The van der Waals surface area contributed by atoms with E-state index in [4.69, 9.17) is 21.1 Å². The molecule has 38 heavy (non-hydrogen) atoms. The number of hydrogen-bond donors (Lipinski definition) is 2. The molecule has 206 valence electrons. The topological polar surface area (TPSA) is 119 Å². The van der Waals surface area contributed by atoms with Crippen molar-refractivity contribution in [3.8, 4) is 0 Å². The lowest BCUT2D eigenvalue weighted by atomic mass is 9.82. The van der Waals surface area contributed by atoms with Crippen LogP contribution in [-0.4, -0.2) is 57.8 Å². The summed E-state index contributed by atoms with van der Waals surface area (Å²) in [7, 11) is -0.836. The van der Waals surface area contributed by atoms with Crippen LogP contribution < -0.4 is 10.0 Å². The summed E-state index contributed by atoms with van der Waals surface area (Å²) < 4.78 is 66.3. The zero-order valence-electron chi connectivity index (χ0n) is 20.7. The standard InChI is InChI=1S/C24H27ClF2N4O5S2/c1-35-11-9-29-38(33,34)14-5-3-13(4-6-14)20-17(24(32)36-2)21(15-7-8-16(26)19(27)18(15)25)31-22(30-20)23-28-10-12-37-23/h7-8,10,12-14,21,29H,3-6,9,11H2,1-2H3,(H,30,31)/t13?,14?,21-/m1/s1. The Hall–Kier alpha value is -2.45. The molecule has 2 aliphatic rings. The van der Waals surface area contributed by atoms with Crippen molar-refractivity contribution in [3.63, 3.8) is 0 Å². The molecule has 1 saturated carbocycles. The summed E-state index contributed by atoms with van der Waals surface area (Å²) in [5.41, 5.74) is 0.675. The van der Waals surface area contributed by atoms with E-state index in [1.807, 2.05) is 0 Å². The van der Waals surface area contributed by atoms with Gasteiger partial charge in [-0.15, -0.1) is 11.3 Å². The number of nitrogens with zero attached hydrogens (tertiary/aromatic N) is 2. The smallest absolute Gasteiger partial charge is 0.338 e. The molecule has 14 heteroatoms. The Kier molecular flexibility index (Phi) is 9.14. The predicted molar refractivity (Wildman–Crippen MR) is 139 cm³/mol. The number of methoxy groups -OCH3 is 2. The van der Waals surface area contributed by atoms with E-state index in [2.05, 4.69) is 20.0 Å². The lowest BCUT2D eigenvalue weighted by Crippen LogP contribution is -2.41. The van der Waals surface area contributed by atoms with Crippen molar-refractivity contribution in [3.05, 3.63) is 62.2 Å². The number of hydrogen-bond acceptors (Lipinski definition) is 9. The van der Waals surface area contributed by atoms with Gasteiger partial charge in [0.05, 0.1) is 29.6 Å². The molecule has 2 heterocycles. The first-order valence-corrected chi connectivity index (χ1v) is 14.7. The van der Waals surface area contributed by atoms with Crippen molar-refractivity contribution in [2.45, 2.75) is 37.0 Å². The third kappa shape index (κ3) is 5.91. The number of carbonyl (C=O) groups excluding carboxylic acids is 1. The number of nitrogens with one attached hydrogen (secondary N) is 2. The second kappa shape index (κ2) is 12.2. The van der Waals surface area contributed by atoms with Crippen molar-refractivity contribution in [2.75, 3.05) is 27.4 Å². The fourth-order valence-corrected chi connectivity index (χ4v) is 7.05. The zero-order chi connectivity index (χ0) is 27.4. The van der Waals surface area contributed by atoms with Gasteiger partial charge in [-0.3, -0.25) is 4.99 Å². The van der Waals surface area contributed by atoms with Crippen LogP contribution in [0.3, 0.4) is 0 Å². The number of allylic oxidation sites excluding steroid dienone is 1. The minimum atomic E-state index is -3.54. The third-order valence-corrected chi connectivity index (χ3v) is 9.72. The van der Waals surface area contributed by atoms with Crippen LogP contribution in [0.25, 0.3) is 0 Å². The number of carbonyl (C=O) groups is 1. The lowest BCUT2D eigenvalue weighted by molar-refractivity contribution is -0.136. The fraction of sp³-hybridized carbons (Fsp3) is 0.458. The summed E-state index contributed by atoms with van der Waals surface area (Å²) in [6.07, 6.45) is 3.19. The van der Waals surface area contributed by atoms with E-state index >= 15 is 0 Å². The van der Waals surface area contributed by atoms with E-state index in [9.17, 15) is 22.0 Å². The molecule has 0 saturated heterocycles. The molecule has 9 nitrogen and oxygen atoms in total. The van der Waals surface area contributed by atoms with Crippen molar-refractivity contribution in [1.82, 2.24) is 15.0 Å². The summed E-state index contributed by atoms with van der Waals surface area (Å²) in [5.74, 6) is -3.00. The summed E-state index contributed by atoms with van der Waals surface area (Å²) in [6.45, 7) is 0.447. The Labute approximate surface area is 228 Å². The minimum absolute atomic E-state index is 0.0950. The molecule has 1 aliphatic carbocycles. The highest BCUT2D eigenvalue weighted by atomic mass is 35.5. The lowest BCUT2D eigenvalue weighted by Gasteiger charge is -2.35. The summed E-state index contributed by atoms with van der Waals surface area (Å²) in [6, 6.07) is 1.12. The highest BCUT2D eigenvalue weighted by Crippen LogP contribution is 2.42. The van der Waals surface area contributed by atoms with Gasteiger partial charge >= 0.3 is 5.97 Å². The molecule has 2 aromatic rings. The molecule has 1 aliphatic heterocycles. The minimum Gasteiger partial charge on any atom is -0.466 e. The quantitative estimate of drug-likeness (QED) is 0.260. The SMILES string of the molecule is COCCNS(=O)(=O)C1CCC(C2=C(C(=O)OC)[C@@H](c3ccc(F)c(F)c3Cl)N=C(c3nccs3)N2)CC1. The van der Waals surface area contributed by atoms with Crippen molar-refractivity contribution in [2.24, 2.45) is 10.9 Å². The van der Waals surface area contributed by atoms with Gasteiger partial charge in [0.1, 0.15) is 6.04 Å². The molecule has 1 aromatic carbocycles. The molecular formula is C24H27ClF2N4O5S2. The maximum atomic E-state index is 14.5. The van der Waals surface area contributed by atoms with Gasteiger partial charge in [0.25, 0.3) is 0 Å². The normalized spacial score (nSPS) is 22.1. The molecule has 0 amide bonds. The highest BCUT2D eigenvalue weighted by molar-refractivity contribution is 7.90. The van der Waals surface area contributed by atoms with Gasteiger partial charge in [-0.1, -0.05) is 17.7 Å². The predicted octanol–water partition coefficient (Wildman–Crippen LogP) is 3.72. The second-order valence-corrected chi connectivity index (χ2v) is 12.1. The first-order valence-electron chi connectivity index (χ1n) is 11.9. The molecule has 0 spiro atoms. The first kappa shape index (κ1) is 28.6. The number of thiazole rings is 1. The van der Waals surface area contributed by atoms with Crippen molar-refractivity contribution < 1.29 is 31.5 Å². The number of sulfonamides is 1. The van der Waals surface area contributed by atoms with Gasteiger partial charge in [0.2, 0.25) is 10.0 Å². The number of amidine groups is 1. The maximum absolute atomic E-state index is 14.5. The van der Waals surface area contributed by atoms with Crippen LogP contribution in [0.15, 0.2) is 40.0 Å². The van der Waals surface area contributed by atoms with E-state index in [1.54, 1.807) is 11.6 Å². The van der Waals surface area contributed by atoms with Gasteiger partial charge in [-0.25, -0.2) is 31.7 Å². The van der Waals surface area contributed by atoms with Crippen LogP contribution in [0.1, 0.15) is 42.3 Å². The number of aromatic nitrogens is 1. The van der Waals surface area contributed by atoms with E-state index in [0.29, 0.717) is 42.2 Å². The van der Waals surface area contributed by atoms with Crippen LogP contribution in [0.5, 0.6) is 0 Å². The van der Waals surface area contributed by atoms with Gasteiger partial charge in [-0.05, 0) is 37.7 Å². The van der Waals surface area contributed by atoms with Crippen molar-refractivity contribution in [1.29, 1.82) is 0 Å². The molecule has 0 bridgehead atoms. The summed E-state index contributed by atoms with van der Waals surface area (Å²) in [4.78, 5) is 22.0. The number of aliphatic imine (C=N–C) groups is 1. The van der Waals surface area contributed by atoms with Gasteiger partial charge in [-0.2, -0.15) is 0 Å². The Balaban J connectivity index is 1.72. The van der Waals surface area contributed by atoms with E-state index in [0.717, 1.165) is 6.07 Å². The van der Waals surface area contributed by atoms with Crippen LogP contribution in [0.2, 0.25) is 5.02 Å². The number of ether oxygens (including phenoxy) is 2. The van der Waals surface area contributed by atoms with Gasteiger partial charge < -0.3 is 14.8 Å². The largest absolute Gasteiger partial charge is 0.466 e. The summed E-state index contributed by atoms with van der Waals surface area (Å²) >= 11 is 7.50. The molecule has 1 fully saturated rings. The van der Waals surface area contributed by atoms with Crippen LogP contribution >= 0.6 is 22.9 Å². The molecule has 0 unspecified atom stereocenters. The van der Waals surface area contributed by atoms with Crippen molar-refractivity contribution >= 4 is 44.8 Å². The fourth-order valence-electron chi connectivity index (χ4n) is 4.71. The number of esters is 1. The average Bonchev–Trinajstić information content (AvgIpc) is 3.46. The molecule has 1 aromatic heterocycles. The van der Waals surface area contributed by atoms with Crippen LogP contribution in [-0.2, 0) is 24.3 Å². The van der Waals surface area contributed by atoms with Crippen LogP contribution in [0.4, 0.5) is 8.78 Å². The molecule has 4 rings (SSSR count). The van der Waals surface area contributed by atoms with Gasteiger partial charge in [0, 0.05) is 36.5 Å². The Morgan fingerprint density at radius 2 is 1.97 bits per heavy atom. The number of halogens is 3. The molecule has 0 radical (unpaired) electrons. The Morgan fingerprint density at radius 3 is 2.61 bits per heavy atom. The third-order valence-electron chi connectivity index (χ3n) is 6.61. The molecular weight excluding hydrogens is 562 g/mol. The van der Waals surface area contributed by atoms with Crippen LogP contribution in [0, 0.1) is 17.6 Å². The van der Waals surface area contributed by atoms with E-state index < -0.39 is 43.9 Å². The van der Waals surface area contributed by atoms with E-state index in [1.165, 1.54) is 31.6 Å². The highest BCUT2D eigenvalue weighted by Gasteiger charge is 2.39. The monoisotopic (exact) mass is 588 g/mol. The zero-order valence-corrected chi connectivity index (χ0v) is 23.1. The van der Waals surface area contributed by atoms with Gasteiger partial charge in [0.15, 0.2) is 22.5 Å². The number of rotatable bonds is 9. The number of benzene rings is 1. The van der Waals surface area contributed by atoms with E-state index in [-0.39, 0.29) is 30.2 Å². The second-order valence-electron chi connectivity index (χ2n) is 8.83. The first-order chi connectivity index (χ1) is 18.2. The Bertz CT molecular complexity index is 1340. The maximum Gasteiger partial charge on any atom is 0.338 e. The summed E-state index contributed by atoms with van der Waals surface area (Å²) in [5, 5.41) is 4.41. The molecule has 2 N–H and O–H groups in total. The molecule has 1 atom stereocenters.